The molecule has 1 aromatic heterocycles. The van der Waals surface area contributed by atoms with Crippen molar-refractivity contribution < 1.29 is 19.0 Å². The van der Waals surface area contributed by atoms with Crippen LogP contribution in [0.3, 0.4) is 0 Å². The number of fused-ring (bicyclic) bond motifs is 1. The van der Waals surface area contributed by atoms with E-state index in [9.17, 15) is 14.3 Å². The van der Waals surface area contributed by atoms with Crippen molar-refractivity contribution in [2.45, 2.75) is 6.61 Å². The fourth-order valence-corrected chi connectivity index (χ4v) is 4.58. The topological polar surface area (TPSA) is 94.1 Å². The number of ether oxygens (including phenoxy) is 1. The van der Waals surface area contributed by atoms with Gasteiger partial charge in [-0.15, -0.1) is 0 Å². The van der Waals surface area contributed by atoms with Gasteiger partial charge in [0.1, 0.15) is 22.9 Å². The summed E-state index contributed by atoms with van der Waals surface area (Å²) in [6.45, 7) is 2.80. The van der Waals surface area contributed by atoms with Gasteiger partial charge >= 0.3 is 0 Å². The van der Waals surface area contributed by atoms with Gasteiger partial charge in [0, 0.05) is 43.3 Å². The maximum atomic E-state index is 14.5. The molecule has 182 valence electrons. The van der Waals surface area contributed by atoms with Crippen molar-refractivity contribution in [3.8, 4) is 0 Å². The van der Waals surface area contributed by atoms with Crippen LogP contribution < -0.4 is 20.0 Å². The van der Waals surface area contributed by atoms with Crippen LogP contribution in [0.4, 0.5) is 33.2 Å². The average Bonchev–Trinajstić information content (AvgIpc) is 2.87. The molecule has 1 amide bonds. The summed E-state index contributed by atoms with van der Waals surface area (Å²) in [5, 5.41) is 13.2. The third kappa shape index (κ3) is 4.47. The summed E-state index contributed by atoms with van der Waals surface area (Å²) < 4.78 is 19.9. The largest absolute Gasteiger partial charge is 0.392 e. The van der Waals surface area contributed by atoms with Crippen LogP contribution in [0, 0.1) is 5.82 Å². The number of aliphatic hydroxyl groups excluding tert-OH is 1. The highest BCUT2D eigenvalue weighted by atomic mass is 35.5. The minimum atomic E-state index is -0.581. The van der Waals surface area contributed by atoms with E-state index in [1.807, 2.05) is 18.2 Å². The first-order valence-corrected chi connectivity index (χ1v) is 11.5. The van der Waals surface area contributed by atoms with Crippen LogP contribution in [0.2, 0.25) is 5.02 Å². The molecule has 0 radical (unpaired) electrons. The predicted molar refractivity (Wildman–Crippen MR) is 132 cm³/mol. The number of morpholine rings is 1. The zero-order valence-electron chi connectivity index (χ0n) is 19.0. The number of hydrogen-bond donors (Lipinski definition) is 2. The standard InChI is InChI=1S/C24H24ClFN6O3/c1-30-14-32(21-18(25)3-2-4-19(21)26)23(34)17-12-27-24(29-22(17)30)28-16-5-6-20(15(11-16)13-33)31-7-9-35-10-8-31/h2-6,11-12,33H,7-10,13-14H2,1H3,(H,27,28,29). The Morgan fingerprint density at radius 3 is 2.77 bits per heavy atom. The molecular formula is C24H24ClFN6O3. The molecule has 0 atom stereocenters. The van der Waals surface area contributed by atoms with Crippen molar-refractivity contribution in [1.82, 2.24) is 9.97 Å². The maximum Gasteiger partial charge on any atom is 0.265 e. The van der Waals surface area contributed by atoms with E-state index in [4.69, 9.17) is 16.3 Å². The molecule has 2 aliphatic heterocycles. The smallest absolute Gasteiger partial charge is 0.265 e. The third-order valence-corrected chi connectivity index (χ3v) is 6.33. The molecule has 3 aromatic rings. The van der Waals surface area contributed by atoms with Crippen molar-refractivity contribution in [2.75, 3.05) is 60.0 Å². The van der Waals surface area contributed by atoms with Gasteiger partial charge in [0.15, 0.2) is 0 Å². The first-order chi connectivity index (χ1) is 17.0. The van der Waals surface area contributed by atoms with E-state index in [1.165, 1.54) is 29.3 Å². The molecular weight excluding hydrogens is 475 g/mol. The van der Waals surface area contributed by atoms with E-state index in [1.54, 1.807) is 11.9 Å². The number of nitrogens with zero attached hydrogens (tertiary/aromatic N) is 5. The highest BCUT2D eigenvalue weighted by molar-refractivity contribution is 6.34. The van der Waals surface area contributed by atoms with Crippen molar-refractivity contribution >= 4 is 46.3 Å². The zero-order chi connectivity index (χ0) is 24.5. The molecule has 3 heterocycles. The number of hydrogen-bond acceptors (Lipinski definition) is 8. The van der Waals surface area contributed by atoms with Gasteiger partial charge in [-0.2, -0.15) is 4.98 Å². The normalized spacial score (nSPS) is 15.9. The molecule has 11 heteroatoms. The van der Waals surface area contributed by atoms with E-state index in [2.05, 4.69) is 20.2 Å². The van der Waals surface area contributed by atoms with Crippen LogP contribution >= 0.6 is 11.6 Å². The average molecular weight is 499 g/mol. The molecule has 2 aliphatic rings. The summed E-state index contributed by atoms with van der Waals surface area (Å²) in [7, 11) is 1.75. The van der Waals surface area contributed by atoms with E-state index in [0.29, 0.717) is 30.7 Å². The number of benzene rings is 2. The third-order valence-electron chi connectivity index (χ3n) is 6.02. The number of aromatic nitrogens is 2. The Balaban J connectivity index is 1.40. The number of carbonyl (C=O) groups excluding carboxylic acids is 1. The molecule has 0 spiro atoms. The summed E-state index contributed by atoms with van der Waals surface area (Å²) in [6, 6.07) is 9.98. The first kappa shape index (κ1) is 23.3. The van der Waals surface area contributed by atoms with Crippen molar-refractivity contribution in [1.29, 1.82) is 0 Å². The lowest BCUT2D eigenvalue weighted by Crippen LogP contribution is -2.46. The SMILES string of the molecule is CN1CN(c2c(F)cccc2Cl)C(=O)c2cnc(Nc3ccc(N4CCOCC4)c(CO)c3)nc21. The highest BCUT2D eigenvalue weighted by Gasteiger charge is 2.33. The van der Waals surface area contributed by atoms with Gasteiger partial charge in [-0.05, 0) is 30.3 Å². The van der Waals surface area contributed by atoms with Crippen molar-refractivity contribution in [3.63, 3.8) is 0 Å². The summed E-state index contributed by atoms with van der Waals surface area (Å²) in [5.74, 6) is -0.302. The van der Waals surface area contributed by atoms with Gasteiger partial charge in [-0.25, -0.2) is 9.37 Å². The molecule has 2 N–H and O–H groups in total. The monoisotopic (exact) mass is 498 g/mol. The number of aliphatic hydroxyl groups is 1. The fourth-order valence-electron chi connectivity index (χ4n) is 4.31. The van der Waals surface area contributed by atoms with Crippen LogP contribution in [0.25, 0.3) is 0 Å². The Kier molecular flexibility index (Phi) is 6.42. The highest BCUT2D eigenvalue weighted by Crippen LogP contribution is 2.35. The molecule has 35 heavy (non-hydrogen) atoms. The summed E-state index contributed by atoms with van der Waals surface area (Å²) >= 11 is 6.18. The van der Waals surface area contributed by atoms with Crippen LogP contribution in [-0.4, -0.2) is 61.0 Å². The molecule has 0 aliphatic carbocycles. The molecule has 0 saturated carbocycles. The van der Waals surface area contributed by atoms with E-state index < -0.39 is 11.7 Å². The molecule has 0 bridgehead atoms. The summed E-state index contributed by atoms with van der Waals surface area (Å²) in [5.41, 5.74) is 2.71. The minimum Gasteiger partial charge on any atom is -0.392 e. The molecule has 5 rings (SSSR count). The molecule has 2 aromatic carbocycles. The second-order valence-electron chi connectivity index (χ2n) is 8.30. The molecule has 1 fully saturated rings. The van der Waals surface area contributed by atoms with Gasteiger partial charge in [-0.1, -0.05) is 17.7 Å². The lowest BCUT2D eigenvalue weighted by Gasteiger charge is -2.35. The van der Waals surface area contributed by atoms with Gasteiger partial charge in [-0.3, -0.25) is 9.69 Å². The van der Waals surface area contributed by atoms with E-state index >= 15 is 0 Å². The van der Waals surface area contributed by atoms with E-state index in [0.717, 1.165) is 24.3 Å². The maximum absolute atomic E-state index is 14.5. The number of carbonyl (C=O) groups is 1. The number of para-hydroxylation sites is 1. The molecule has 9 nitrogen and oxygen atoms in total. The first-order valence-electron chi connectivity index (χ1n) is 11.1. The lowest BCUT2D eigenvalue weighted by molar-refractivity contribution is 0.0981. The van der Waals surface area contributed by atoms with Crippen LogP contribution in [-0.2, 0) is 11.3 Å². The minimum absolute atomic E-state index is 0.0239. The number of anilines is 5. The van der Waals surface area contributed by atoms with Gasteiger partial charge in [0.2, 0.25) is 5.95 Å². The molecule has 0 unspecified atom stereocenters. The van der Waals surface area contributed by atoms with E-state index in [-0.39, 0.29) is 29.5 Å². The fraction of sp³-hybridized carbons (Fsp3) is 0.292. The number of halogens is 2. The summed E-state index contributed by atoms with van der Waals surface area (Å²) in [4.78, 5) is 27.1. The Morgan fingerprint density at radius 1 is 1.23 bits per heavy atom. The molecule has 1 saturated heterocycles. The Morgan fingerprint density at radius 2 is 2.03 bits per heavy atom. The van der Waals surface area contributed by atoms with Crippen LogP contribution in [0.15, 0.2) is 42.6 Å². The number of amides is 1. The predicted octanol–water partition coefficient (Wildman–Crippen LogP) is 3.40. The van der Waals surface area contributed by atoms with Gasteiger partial charge in [0.25, 0.3) is 5.91 Å². The number of rotatable bonds is 5. The lowest BCUT2D eigenvalue weighted by atomic mass is 10.1. The van der Waals surface area contributed by atoms with Crippen LogP contribution in [0.1, 0.15) is 15.9 Å². The van der Waals surface area contributed by atoms with Gasteiger partial charge in [0.05, 0.1) is 31.5 Å². The second-order valence-corrected chi connectivity index (χ2v) is 8.71. The van der Waals surface area contributed by atoms with Crippen molar-refractivity contribution in [3.05, 3.63) is 64.6 Å². The second kappa shape index (κ2) is 9.65. The van der Waals surface area contributed by atoms with Crippen LogP contribution in [0.5, 0.6) is 0 Å². The summed E-state index contributed by atoms with van der Waals surface area (Å²) in [6.07, 6.45) is 1.42. The van der Waals surface area contributed by atoms with Crippen molar-refractivity contribution in [2.24, 2.45) is 0 Å². The zero-order valence-corrected chi connectivity index (χ0v) is 19.8. The van der Waals surface area contributed by atoms with Gasteiger partial charge < -0.3 is 25.0 Å². The Hall–Kier alpha value is -3.47. The number of nitrogens with one attached hydrogen (secondary N) is 1. The Labute approximate surface area is 206 Å². The quantitative estimate of drug-likeness (QED) is 0.553. The Bertz CT molecular complexity index is 1250.